The second-order valence-electron chi connectivity index (χ2n) is 6.72. The van der Waals surface area contributed by atoms with Gasteiger partial charge in [-0.2, -0.15) is 0 Å². The largest absolute Gasteiger partial charge is 0.441 e. The topological polar surface area (TPSA) is 71.3 Å². The summed E-state index contributed by atoms with van der Waals surface area (Å²) < 4.78 is 5.67. The van der Waals surface area contributed by atoms with Gasteiger partial charge in [-0.05, 0) is 45.0 Å². The molecule has 1 fully saturated rings. The lowest BCUT2D eigenvalue weighted by Gasteiger charge is -2.25. The molecule has 3 heterocycles. The zero-order chi connectivity index (χ0) is 18.6. The van der Waals surface area contributed by atoms with Crippen LogP contribution in [0.5, 0.6) is 0 Å². The number of benzene rings is 1. The van der Waals surface area contributed by atoms with Crippen molar-refractivity contribution in [3.05, 3.63) is 52.9 Å². The van der Waals surface area contributed by atoms with E-state index in [0.29, 0.717) is 22.5 Å². The number of aryl methyl sites for hydroxylation is 1. The number of rotatable bonds is 5. The highest BCUT2D eigenvalue weighted by atomic mass is 32.1. The van der Waals surface area contributed by atoms with E-state index in [1.165, 1.54) is 30.6 Å². The molecule has 6 nitrogen and oxygen atoms in total. The molecule has 1 aliphatic rings. The van der Waals surface area contributed by atoms with Crippen molar-refractivity contribution in [2.75, 3.05) is 18.4 Å². The number of nitrogens with zero attached hydrogens (tertiary/aromatic N) is 3. The molecule has 27 heavy (non-hydrogen) atoms. The molecule has 3 aromatic rings. The van der Waals surface area contributed by atoms with Gasteiger partial charge in [0.15, 0.2) is 10.8 Å². The first-order valence-corrected chi connectivity index (χ1v) is 10.1. The number of amides is 1. The van der Waals surface area contributed by atoms with E-state index in [9.17, 15) is 4.79 Å². The first-order chi connectivity index (χ1) is 13.2. The highest BCUT2D eigenvalue weighted by Gasteiger charge is 2.19. The minimum absolute atomic E-state index is 0.293. The van der Waals surface area contributed by atoms with E-state index in [2.05, 4.69) is 20.2 Å². The molecule has 140 valence electrons. The Morgan fingerprint density at radius 3 is 2.74 bits per heavy atom. The normalized spacial score (nSPS) is 15.0. The summed E-state index contributed by atoms with van der Waals surface area (Å²) >= 11 is 1.44. The Morgan fingerprint density at radius 1 is 1.19 bits per heavy atom. The molecule has 1 aliphatic heterocycles. The molecule has 0 atom stereocenters. The molecule has 0 saturated carbocycles. The van der Waals surface area contributed by atoms with E-state index in [1.54, 1.807) is 6.92 Å². The van der Waals surface area contributed by atoms with Gasteiger partial charge in [-0.3, -0.25) is 15.0 Å². The van der Waals surface area contributed by atoms with Crippen molar-refractivity contribution < 1.29 is 9.21 Å². The Morgan fingerprint density at radius 2 is 1.96 bits per heavy atom. The van der Waals surface area contributed by atoms with E-state index in [0.717, 1.165) is 30.9 Å². The van der Waals surface area contributed by atoms with Gasteiger partial charge in [0.05, 0.1) is 5.69 Å². The van der Waals surface area contributed by atoms with Gasteiger partial charge < -0.3 is 4.42 Å². The lowest BCUT2D eigenvalue weighted by atomic mass is 10.1. The standard InChI is InChI=1S/C20H22N4O2S/c1-14-17(22-19(26-14)15-8-4-2-5-9-15)18(25)23-20-21-16(13-27-20)12-24-10-6-3-7-11-24/h2,4-5,8-9,13H,3,6-7,10-12H2,1H3,(H,21,23,25). The second-order valence-corrected chi connectivity index (χ2v) is 7.58. The van der Waals surface area contributed by atoms with E-state index in [1.807, 2.05) is 35.7 Å². The van der Waals surface area contributed by atoms with Crippen molar-refractivity contribution in [2.45, 2.75) is 32.7 Å². The van der Waals surface area contributed by atoms with E-state index in [-0.39, 0.29) is 5.91 Å². The lowest BCUT2D eigenvalue weighted by molar-refractivity contribution is 0.102. The molecule has 1 aromatic carbocycles. The molecule has 0 bridgehead atoms. The maximum absolute atomic E-state index is 12.6. The maximum Gasteiger partial charge on any atom is 0.279 e. The number of hydrogen-bond acceptors (Lipinski definition) is 6. The van der Waals surface area contributed by atoms with Crippen LogP contribution in [0.1, 0.15) is 41.2 Å². The summed E-state index contributed by atoms with van der Waals surface area (Å²) in [4.78, 5) is 23.9. The predicted molar refractivity (Wildman–Crippen MR) is 106 cm³/mol. The van der Waals surface area contributed by atoms with E-state index >= 15 is 0 Å². The molecule has 7 heteroatoms. The first-order valence-electron chi connectivity index (χ1n) is 9.20. The Hall–Kier alpha value is -2.51. The van der Waals surface area contributed by atoms with Crippen molar-refractivity contribution in [2.24, 2.45) is 0 Å². The molecule has 1 amide bonds. The zero-order valence-electron chi connectivity index (χ0n) is 15.3. The Kier molecular flexibility index (Phi) is 5.31. The third kappa shape index (κ3) is 4.26. The van der Waals surface area contributed by atoms with Gasteiger partial charge in [-0.15, -0.1) is 11.3 Å². The number of hydrogen-bond donors (Lipinski definition) is 1. The summed E-state index contributed by atoms with van der Waals surface area (Å²) in [6.07, 6.45) is 3.82. The minimum atomic E-state index is -0.294. The van der Waals surface area contributed by atoms with Crippen molar-refractivity contribution in [1.29, 1.82) is 0 Å². The molecular weight excluding hydrogens is 360 g/mol. The average Bonchev–Trinajstić information content (AvgIpc) is 3.29. The van der Waals surface area contributed by atoms with Crippen LogP contribution in [0.15, 0.2) is 40.1 Å². The number of carbonyl (C=O) groups is 1. The van der Waals surface area contributed by atoms with Crippen LogP contribution in [0.2, 0.25) is 0 Å². The quantitative estimate of drug-likeness (QED) is 0.710. The number of carbonyl (C=O) groups excluding carboxylic acids is 1. The number of thiazole rings is 1. The molecule has 4 rings (SSSR count). The molecule has 1 saturated heterocycles. The van der Waals surface area contributed by atoms with Gasteiger partial charge in [-0.25, -0.2) is 9.97 Å². The van der Waals surface area contributed by atoms with Crippen LogP contribution >= 0.6 is 11.3 Å². The van der Waals surface area contributed by atoms with Crippen LogP contribution < -0.4 is 5.32 Å². The zero-order valence-corrected chi connectivity index (χ0v) is 16.1. The number of piperidine rings is 1. The molecule has 0 radical (unpaired) electrons. The van der Waals surface area contributed by atoms with Gasteiger partial charge in [0.1, 0.15) is 5.76 Å². The van der Waals surface area contributed by atoms with Gasteiger partial charge in [0.25, 0.3) is 5.91 Å². The Balaban J connectivity index is 1.43. The first kappa shape index (κ1) is 17.9. The van der Waals surface area contributed by atoms with Crippen LogP contribution in [-0.2, 0) is 6.54 Å². The summed E-state index contributed by atoms with van der Waals surface area (Å²) in [6, 6.07) is 9.56. The van der Waals surface area contributed by atoms with Crippen molar-refractivity contribution >= 4 is 22.4 Å². The summed E-state index contributed by atoms with van der Waals surface area (Å²) in [5, 5.41) is 5.45. The molecule has 1 N–H and O–H groups in total. The van der Waals surface area contributed by atoms with Crippen molar-refractivity contribution in [1.82, 2.24) is 14.9 Å². The number of oxazole rings is 1. The number of nitrogens with one attached hydrogen (secondary N) is 1. The van der Waals surface area contributed by atoms with Crippen LogP contribution in [0, 0.1) is 6.92 Å². The fourth-order valence-electron chi connectivity index (χ4n) is 3.25. The highest BCUT2D eigenvalue weighted by Crippen LogP contribution is 2.23. The van der Waals surface area contributed by atoms with Gasteiger partial charge in [0, 0.05) is 17.5 Å². The molecule has 0 aliphatic carbocycles. The maximum atomic E-state index is 12.6. The number of anilines is 1. The smallest absolute Gasteiger partial charge is 0.279 e. The SMILES string of the molecule is Cc1oc(-c2ccccc2)nc1C(=O)Nc1nc(CN2CCCCC2)cs1. The fourth-order valence-corrected chi connectivity index (χ4v) is 3.95. The Bertz CT molecular complexity index is 913. The van der Waals surface area contributed by atoms with Gasteiger partial charge in [0.2, 0.25) is 5.89 Å². The summed E-state index contributed by atoms with van der Waals surface area (Å²) in [5.74, 6) is 0.650. The third-order valence-electron chi connectivity index (χ3n) is 4.64. The van der Waals surface area contributed by atoms with Crippen LogP contribution in [-0.4, -0.2) is 33.9 Å². The number of likely N-dealkylation sites (tertiary alicyclic amines) is 1. The third-order valence-corrected chi connectivity index (χ3v) is 5.45. The van der Waals surface area contributed by atoms with E-state index < -0.39 is 0 Å². The van der Waals surface area contributed by atoms with Crippen LogP contribution in [0.4, 0.5) is 5.13 Å². The minimum Gasteiger partial charge on any atom is -0.441 e. The summed E-state index contributed by atoms with van der Waals surface area (Å²) in [7, 11) is 0. The lowest BCUT2D eigenvalue weighted by Crippen LogP contribution is -2.29. The van der Waals surface area contributed by atoms with Gasteiger partial charge in [-0.1, -0.05) is 24.6 Å². The van der Waals surface area contributed by atoms with Crippen molar-refractivity contribution in [3.8, 4) is 11.5 Å². The molecule has 0 spiro atoms. The van der Waals surface area contributed by atoms with Crippen LogP contribution in [0.3, 0.4) is 0 Å². The van der Waals surface area contributed by atoms with E-state index in [4.69, 9.17) is 4.42 Å². The highest BCUT2D eigenvalue weighted by molar-refractivity contribution is 7.13. The number of aromatic nitrogens is 2. The van der Waals surface area contributed by atoms with Crippen molar-refractivity contribution in [3.63, 3.8) is 0 Å². The monoisotopic (exact) mass is 382 g/mol. The molecule has 0 unspecified atom stereocenters. The summed E-state index contributed by atoms with van der Waals surface area (Å²) in [5.41, 5.74) is 2.14. The average molecular weight is 382 g/mol. The second kappa shape index (κ2) is 8.02. The molecule has 2 aromatic heterocycles. The van der Waals surface area contributed by atoms with Crippen LogP contribution in [0.25, 0.3) is 11.5 Å². The summed E-state index contributed by atoms with van der Waals surface area (Å²) in [6.45, 7) is 4.84. The Labute approximate surface area is 162 Å². The van der Waals surface area contributed by atoms with Gasteiger partial charge >= 0.3 is 0 Å². The predicted octanol–water partition coefficient (Wildman–Crippen LogP) is 4.34. The molecular formula is C20H22N4O2S. The fraction of sp³-hybridized carbons (Fsp3) is 0.350.